The lowest BCUT2D eigenvalue weighted by molar-refractivity contribution is -0.148. The van der Waals surface area contributed by atoms with Crippen molar-refractivity contribution in [3.8, 4) is 11.4 Å². The molecule has 1 amide bonds. The van der Waals surface area contributed by atoms with E-state index in [1.165, 1.54) is 10.6 Å². The Bertz CT molecular complexity index is 1350. The van der Waals surface area contributed by atoms with Gasteiger partial charge < -0.3 is 25.2 Å². The lowest BCUT2D eigenvalue weighted by atomic mass is 9.86. The zero-order valence-electron chi connectivity index (χ0n) is 19.0. The van der Waals surface area contributed by atoms with Gasteiger partial charge in [0.25, 0.3) is 11.5 Å². The number of carbonyl (C=O) groups is 2. The number of aliphatic hydroxyl groups is 2. The Morgan fingerprint density at radius 3 is 2.62 bits per heavy atom. The maximum atomic E-state index is 13.3. The average molecular weight is 466 g/mol. The fourth-order valence-electron chi connectivity index (χ4n) is 4.53. The number of carboxylic acid groups (broad SMARTS) is 1. The van der Waals surface area contributed by atoms with Gasteiger partial charge in [0, 0.05) is 22.1 Å². The Labute approximate surface area is 195 Å². The summed E-state index contributed by atoms with van der Waals surface area (Å²) < 4.78 is 1.47. The normalized spacial score (nSPS) is 14.8. The molecule has 0 unspecified atom stereocenters. The zero-order chi connectivity index (χ0) is 24.6. The van der Waals surface area contributed by atoms with Crippen molar-refractivity contribution in [2.24, 2.45) is 0 Å². The van der Waals surface area contributed by atoms with Crippen LogP contribution in [0.1, 0.15) is 49.8 Å². The predicted octanol–water partition coefficient (Wildman–Crippen LogP) is 1.88. The van der Waals surface area contributed by atoms with E-state index in [1.807, 2.05) is 30.3 Å². The Balaban J connectivity index is 1.86. The van der Waals surface area contributed by atoms with Crippen LogP contribution in [0.2, 0.25) is 0 Å². The Kier molecular flexibility index (Phi) is 6.24. The van der Waals surface area contributed by atoms with E-state index < -0.39 is 35.7 Å². The van der Waals surface area contributed by atoms with Crippen molar-refractivity contribution in [3.63, 3.8) is 0 Å². The molecule has 3 aromatic rings. The molecule has 2 aromatic heterocycles. The van der Waals surface area contributed by atoms with E-state index >= 15 is 0 Å². The standard InChI is InChI=1S/C25H27N3O6/c1-3-7-19(23(31)32)27-24(33)25(34,4-2)17-11-20-21-15(12-28(20)22(30)16(17)13-29)10-14-8-5-6-9-18(14)26-21/h5-6,8-11,19,29,34H,3-4,7,12-13H2,1-2H3,(H,27,33)(H,31,32)/t19-,25+/m1/s1. The van der Waals surface area contributed by atoms with Gasteiger partial charge in [-0.15, -0.1) is 0 Å². The summed E-state index contributed by atoms with van der Waals surface area (Å²) in [5.41, 5.74) is -0.348. The van der Waals surface area contributed by atoms with Crippen molar-refractivity contribution in [2.45, 2.75) is 57.9 Å². The molecule has 4 N–H and O–H groups in total. The summed E-state index contributed by atoms with van der Waals surface area (Å²) in [6.07, 6.45) is 0.566. The number of aliphatic carboxylic acids is 1. The van der Waals surface area contributed by atoms with Crippen LogP contribution in [0.15, 0.2) is 41.2 Å². The van der Waals surface area contributed by atoms with E-state index in [1.54, 1.807) is 13.8 Å². The van der Waals surface area contributed by atoms with Gasteiger partial charge in [-0.05, 0) is 31.0 Å². The quantitative estimate of drug-likeness (QED) is 0.311. The minimum absolute atomic E-state index is 0.0466. The van der Waals surface area contributed by atoms with Crippen LogP contribution in [0, 0.1) is 0 Å². The van der Waals surface area contributed by atoms with Crippen LogP contribution in [-0.2, 0) is 28.3 Å². The number of aliphatic hydroxyl groups excluding tert-OH is 1. The molecule has 0 fully saturated rings. The van der Waals surface area contributed by atoms with Crippen LogP contribution in [-0.4, -0.2) is 42.8 Å². The van der Waals surface area contributed by atoms with Gasteiger partial charge in [0.2, 0.25) is 0 Å². The summed E-state index contributed by atoms with van der Waals surface area (Å²) in [5, 5.41) is 34.2. The highest BCUT2D eigenvalue weighted by Crippen LogP contribution is 2.36. The van der Waals surface area contributed by atoms with E-state index in [4.69, 9.17) is 4.98 Å². The van der Waals surface area contributed by atoms with E-state index in [2.05, 4.69) is 5.32 Å². The first-order valence-corrected chi connectivity index (χ1v) is 11.3. The number of carbonyl (C=O) groups excluding carboxylic acids is 1. The Hall–Kier alpha value is -3.56. The van der Waals surface area contributed by atoms with Crippen molar-refractivity contribution >= 4 is 22.8 Å². The number of aromatic nitrogens is 2. The number of amides is 1. The van der Waals surface area contributed by atoms with Gasteiger partial charge in [0.05, 0.1) is 30.1 Å². The van der Waals surface area contributed by atoms with Crippen molar-refractivity contribution in [3.05, 3.63) is 63.4 Å². The van der Waals surface area contributed by atoms with Gasteiger partial charge in [-0.2, -0.15) is 0 Å². The summed E-state index contributed by atoms with van der Waals surface area (Å²) in [6.45, 7) is 2.91. The van der Waals surface area contributed by atoms with Gasteiger partial charge in [-0.1, -0.05) is 38.5 Å². The number of para-hydroxylation sites is 1. The second-order valence-corrected chi connectivity index (χ2v) is 8.53. The van der Waals surface area contributed by atoms with Gasteiger partial charge in [0.15, 0.2) is 5.60 Å². The molecule has 0 saturated heterocycles. The van der Waals surface area contributed by atoms with Gasteiger partial charge in [-0.3, -0.25) is 9.59 Å². The maximum Gasteiger partial charge on any atom is 0.326 e. The fourth-order valence-corrected chi connectivity index (χ4v) is 4.53. The minimum atomic E-state index is -2.21. The fraction of sp³-hybridized carbons (Fsp3) is 0.360. The maximum absolute atomic E-state index is 13.3. The molecule has 178 valence electrons. The largest absolute Gasteiger partial charge is 0.480 e. The summed E-state index contributed by atoms with van der Waals surface area (Å²) in [4.78, 5) is 42.7. The topological polar surface area (TPSA) is 142 Å². The number of carboxylic acids is 1. The van der Waals surface area contributed by atoms with Crippen molar-refractivity contribution in [1.82, 2.24) is 14.9 Å². The molecule has 1 aliphatic heterocycles. The van der Waals surface area contributed by atoms with E-state index in [0.29, 0.717) is 17.8 Å². The number of nitrogens with zero attached hydrogens (tertiary/aromatic N) is 2. The molecule has 9 nitrogen and oxygen atoms in total. The number of benzene rings is 1. The summed E-state index contributed by atoms with van der Waals surface area (Å²) in [6, 6.07) is 9.82. The van der Waals surface area contributed by atoms with Crippen LogP contribution in [0.4, 0.5) is 0 Å². The van der Waals surface area contributed by atoms with E-state index in [-0.39, 0.29) is 30.5 Å². The second kappa shape index (κ2) is 9.00. The summed E-state index contributed by atoms with van der Waals surface area (Å²) in [5.74, 6) is -2.14. The van der Waals surface area contributed by atoms with Gasteiger partial charge in [-0.25, -0.2) is 9.78 Å². The number of rotatable bonds is 8. The lowest BCUT2D eigenvalue weighted by Crippen LogP contribution is -2.51. The number of pyridine rings is 2. The SMILES string of the molecule is CCC[C@@H](NC(=O)[C@](O)(CC)c1cc2n(c(=O)c1CO)Cc1cc3ccccc3nc1-2)C(=O)O. The van der Waals surface area contributed by atoms with Crippen LogP contribution in [0.3, 0.4) is 0 Å². The number of hydrogen-bond acceptors (Lipinski definition) is 6. The molecule has 1 aromatic carbocycles. The van der Waals surface area contributed by atoms with E-state index in [0.717, 1.165) is 16.5 Å². The van der Waals surface area contributed by atoms with Gasteiger partial charge in [0.1, 0.15) is 6.04 Å². The van der Waals surface area contributed by atoms with E-state index in [9.17, 15) is 29.7 Å². The van der Waals surface area contributed by atoms with Crippen LogP contribution in [0.5, 0.6) is 0 Å². The monoisotopic (exact) mass is 465 g/mol. The Morgan fingerprint density at radius 2 is 1.97 bits per heavy atom. The molecular weight excluding hydrogens is 438 g/mol. The molecule has 0 spiro atoms. The second-order valence-electron chi connectivity index (χ2n) is 8.53. The van der Waals surface area contributed by atoms with Crippen LogP contribution >= 0.6 is 0 Å². The Morgan fingerprint density at radius 1 is 1.24 bits per heavy atom. The summed E-state index contributed by atoms with van der Waals surface area (Å²) >= 11 is 0. The minimum Gasteiger partial charge on any atom is -0.480 e. The average Bonchev–Trinajstić information content (AvgIpc) is 3.19. The smallest absolute Gasteiger partial charge is 0.326 e. The molecule has 2 atom stereocenters. The number of fused-ring (bicyclic) bond motifs is 4. The first-order chi connectivity index (χ1) is 16.2. The molecule has 0 aliphatic carbocycles. The van der Waals surface area contributed by atoms with Gasteiger partial charge >= 0.3 is 5.97 Å². The number of nitrogens with one attached hydrogen (secondary N) is 1. The third-order valence-electron chi connectivity index (χ3n) is 6.45. The molecule has 0 saturated carbocycles. The number of hydrogen-bond donors (Lipinski definition) is 4. The van der Waals surface area contributed by atoms with Crippen molar-refractivity contribution < 1.29 is 24.9 Å². The molecule has 34 heavy (non-hydrogen) atoms. The van der Waals surface area contributed by atoms with Crippen LogP contribution in [0.25, 0.3) is 22.3 Å². The zero-order valence-corrected chi connectivity index (χ0v) is 19.0. The first-order valence-electron chi connectivity index (χ1n) is 11.3. The highest BCUT2D eigenvalue weighted by atomic mass is 16.4. The van der Waals surface area contributed by atoms with Crippen molar-refractivity contribution in [1.29, 1.82) is 0 Å². The molecule has 9 heteroatoms. The predicted molar refractivity (Wildman–Crippen MR) is 125 cm³/mol. The first kappa shape index (κ1) is 23.6. The molecule has 3 heterocycles. The molecule has 1 aliphatic rings. The highest BCUT2D eigenvalue weighted by Gasteiger charge is 2.42. The third kappa shape index (κ3) is 3.76. The highest BCUT2D eigenvalue weighted by molar-refractivity contribution is 5.91. The molecular formula is C25H27N3O6. The molecule has 0 radical (unpaired) electrons. The summed E-state index contributed by atoms with van der Waals surface area (Å²) in [7, 11) is 0. The lowest BCUT2D eigenvalue weighted by Gasteiger charge is -2.30. The third-order valence-corrected chi connectivity index (χ3v) is 6.45. The molecule has 0 bridgehead atoms. The van der Waals surface area contributed by atoms with Crippen LogP contribution < -0.4 is 10.9 Å². The van der Waals surface area contributed by atoms with Crippen molar-refractivity contribution in [2.75, 3.05) is 0 Å². The molecule has 4 rings (SSSR count).